The van der Waals surface area contributed by atoms with E-state index in [1.54, 1.807) is 0 Å². The van der Waals surface area contributed by atoms with Crippen molar-refractivity contribution in [1.29, 1.82) is 0 Å². The highest BCUT2D eigenvalue weighted by molar-refractivity contribution is 5.47. The summed E-state index contributed by atoms with van der Waals surface area (Å²) in [5.41, 5.74) is 3.56. The molecular formula is C31H31NO2. The molecule has 172 valence electrons. The number of rotatable bonds is 8. The first-order chi connectivity index (χ1) is 16.7. The summed E-state index contributed by atoms with van der Waals surface area (Å²) in [5, 5.41) is 11.4. The zero-order valence-corrected chi connectivity index (χ0v) is 19.5. The van der Waals surface area contributed by atoms with Gasteiger partial charge in [0.25, 0.3) is 0 Å². The third-order valence-corrected chi connectivity index (χ3v) is 7.03. The minimum Gasteiger partial charge on any atom is -0.390 e. The van der Waals surface area contributed by atoms with Crippen molar-refractivity contribution < 1.29 is 9.84 Å². The summed E-state index contributed by atoms with van der Waals surface area (Å²) >= 11 is 0. The molecule has 34 heavy (non-hydrogen) atoms. The van der Waals surface area contributed by atoms with Crippen LogP contribution in [0.2, 0.25) is 0 Å². The molecule has 4 aromatic carbocycles. The van der Waals surface area contributed by atoms with Gasteiger partial charge in [-0.1, -0.05) is 121 Å². The third kappa shape index (κ3) is 4.19. The van der Waals surface area contributed by atoms with E-state index in [1.807, 2.05) is 60.7 Å². The van der Waals surface area contributed by atoms with Gasteiger partial charge in [0.15, 0.2) is 0 Å². The first-order valence-corrected chi connectivity index (χ1v) is 11.9. The fourth-order valence-corrected chi connectivity index (χ4v) is 5.32. The lowest BCUT2D eigenvalue weighted by atomic mass is 9.79. The lowest BCUT2D eigenvalue weighted by molar-refractivity contribution is -0.105. The SMILES string of the molecule is CN1C[C@@H]([C@@H](O)COC(c2ccccc2)(c2ccccc2)c2ccccc2)[C@@H]1c1ccccc1. The van der Waals surface area contributed by atoms with E-state index < -0.39 is 11.7 Å². The van der Waals surface area contributed by atoms with Gasteiger partial charge in [-0.2, -0.15) is 0 Å². The second-order valence-electron chi connectivity index (χ2n) is 9.12. The smallest absolute Gasteiger partial charge is 0.143 e. The van der Waals surface area contributed by atoms with Crippen LogP contribution in [0.1, 0.15) is 28.3 Å². The average Bonchev–Trinajstić information content (AvgIpc) is 2.90. The average molecular weight is 450 g/mol. The van der Waals surface area contributed by atoms with Crippen LogP contribution < -0.4 is 0 Å². The third-order valence-electron chi connectivity index (χ3n) is 7.03. The van der Waals surface area contributed by atoms with Crippen LogP contribution in [0.3, 0.4) is 0 Å². The van der Waals surface area contributed by atoms with Crippen molar-refractivity contribution in [3.05, 3.63) is 144 Å². The lowest BCUT2D eigenvalue weighted by Gasteiger charge is -2.49. The molecule has 0 spiro atoms. The molecule has 1 saturated heterocycles. The van der Waals surface area contributed by atoms with E-state index in [2.05, 4.69) is 72.6 Å². The second-order valence-corrected chi connectivity index (χ2v) is 9.12. The Hall–Kier alpha value is -3.24. The van der Waals surface area contributed by atoms with Crippen molar-refractivity contribution in [3.8, 4) is 0 Å². The number of aliphatic hydroxyl groups is 1. The lowest BCUT2D eigenvalue weighted by Crippen LogP contribution is -2.54. The number of ether oxygens (including phenoxy) is 1. The van der Waals surface area contributed by atoms with Gasteiger partial charge in [0.2, 0.25) is 0 Å². The quantitative estimate of drug-likeness (QED) is 0.352. The van der Waals surface area contributed by atoms with Crippen LogP contribution in [0.15, 0.2) is 121 Å². The molecule has 0 aromatic heterocycles. The van der Waals surface area contributed by atoms with Crippen molar-refractivity contribution in [2.75, 3.05) is 20.2 Å². The molecule has 0 saturated carbocycles. The maximum atomic E-state index is 11.4. The summed E-state index contributed by atoms with van der Waals surface area (Å²) in [6, 6.07) is 41.6. The monoisotopic (exact) mass is 449 g/mol. The first kappa shape index (κ1) is 22.5. The Kier molecular flexibility index (Phi) is 6.59. The number of nitrogens with zero attached hydrogens (tertiary/aromatic N) is 1. The topological polar surface area (TPSA) is 32.7 Å². The van der Waals surface area contributed by atoms with Crippen molar-refractivity contribution in [3.63, 3.8) is 0 Å². The highest BCUT2D eigenvalue weighted by Crippen LogP contribution is 2.43. The number of aliphatic hydroxyl groups excluding tert-OH is 1. The molecule has 1 fully saturated rings. The summed E-state index contributed by atoms with van der Waals surface area (Å²) in [5.74, 6) is 0.118. The Bertz CT molecular complexity index is 1070. The van der Waals surface area contributed by atoms with Crippen LogP contribution in [-0.4, -0.2) is 36.3 Å². The minimum absolute atomic E-state index is 0.118. The standard InChI is InChI=1S/C31H31NO2/c1-32-22-28(30(32)24-14-6-2-7-15-24)29(33)23-34-31(25-16-8-3-9-17-25,26-18-10-4-11-19-26)27-20-12-5-13-21-27/h2-21,28-30,33H,22-23H2,1H3/t28-,29-,30-/m0/s1. The highest BCUT2D eigenvalue weighted by Gasteiger charge is 2.44. The fraction of sp³-hybridized carbons (Fsp3) is 0.226. The van der Waals surface area contributed by atoms with E-state index in [0.717, 1.165) is 23.2 Å². The normalized spacial score (nSPS) is 19.4. The van der Waals surface area contributed by atoms with Crippen molar-refractivity contribution in [1.82, 2.24) is 4.90 Å². The van der Waals surface area contributed by atoms with Gasteiger partial charge in [-0.25, -0.2) is 0 Å². The van der Waals surface area contributed by atoms with E-state index in [-0.39, 0.29) is 18.6 Å². The van der Waals surface area contributed by atoms with Crippen molar-refractivity contribution in [2.45, 2.75) is 17.7 Å². The van der Waals surface area contributed by atoms with E-state index in [1.165, 1.54) is 5.56 Å². The van der Waals surface area contributed by atoms with Gasteiger partial charge in [-0.3, -0.25) is 4.90 Å². The summed E-state index contributed by atoms with van der Waals surface area (Å²) < 4.78 is 6.86. The van der Waals surface area contributed by atoms with E-state index in [9.17, 15) is 5.11 Å². The van der Waals surface area contributed by atoms with Gasteiger partial charge >= 0.3 is 0 Å². The van der Waals surface area contributed by atoms with Crippen LogP contribution in [0.25, 0.3) is 0 Å². The maximum absolute atomic E-state index is 11.4. The predicted octanol–water partition coefficient (Wildman–Crippen LogP) is 5.66. The number of hydrogen-bond donors (Lipinski definition) is 1. The van der Waals surface area contributed by atoms with E-state index in [0.29, 0.717) is 0 Å². The molecule has 0 bridgehead atoms. The Labute approximate surface area is 202 Å². The molecule has 5 rings (SSSR count). The maximum Gasteiger partial charge on any atom is 0.143 e. The molecule has 0 aliphatic carbocycles. The Morgan fingerprint density at radius 2 is 1.15 bits per heavy atom. The predicted molar refractivity (Wildman–Crippen MR) is 136 cm³/mol. The van der Waals surface area contributed by atoms with E-state index in [4.69, 9.17) is 4.74 Å². The minimum atomic E-state index is -0.817. The highest BCUT2D eigenvalue weighted by atomic mass is 16.5. The molecule has 3 nitrogen and oxygen atoms in total. The van der Waals surface area contributed by atoms with Gasteiger partial charge in [0.1, 0.15) is 5.60 Å². The molecule has 0 radical (unpaired) electrons. The number of benzene rings is 4. The van der Waals surface area contributed by atoms with Crippen LogP contribution in [0.5, 0.6) is 0 Å². The van der Waals surface area contributed by atoms with Gasteiger partial charge in [0.05, 0.1) is 12.7 Å². The van der Waals surface area contributed by atoms with Crippen molar-refractivity contribution >= 4 is 0 Å². The second kappa shape index (κ2) is 9.94. The van der Waals surface area contributed by atoms with Gasteiger partial charge in [0, 0.05) is 18.5 Å². The molecule has 0 unspecified atom stereocenters. The molecule has 1 aliphatic heterocycles. The molecule has 3 heteroatoms. The first-order valence-electron chi connectivity index (χ1n) is 11.9. The fourth-order valence-electron chi connectivity index (χ4n) is 5.32. The Morgan fingerprint density at radius 3 is 1.56 bits per heavy atom. The van der Waals surface area contributed by atoms with Crippen LogP contribution in [-0.2, 0) is 10.3 Å². The molecule has 1 heterocycles. The Balaban J connectivity index is 1.49. The zero-order chi connectivity index (χ0) is 23.4. The van der Waals surface area contributed by atoms with Gasteiger partial charge in [-0.15, -0.1) is 0 Å². The van der Waals surface area contributed by atoms with Crippen LogP contribution >= 0.6 is 0 Å². The molecule has 3 atom stereocenters. The summed E-state index contributed by atoms with van der Waals surface area (Å²) in [6.07, 6.45) is -0.586. The molecule has 4 aromatic rings. The summed E-state index contributed by atoms with van der Waals surface area (Å²) in [4.78, 5) is 2.29. The molecule has 0 amide bonds. The van der Waals surface area contributed by atoms with Crippen LogP contribution in [0.4, 0.5) is 0 Å². The zero-order valence-electron chi connectivity index (χ0n) is 19.5. The number of likely N-dealkylation sites (tertiary alicyclic amines) is 1. The Morgan fingerprint density at radius 1 is 0.735 bits per heavy atom. The largest absolute Gasteiger partial charge is 0.390 e. The van der Waals surface area contributed by atoms with Crippen molar-refractivity contribution in [2.24, 2.45) is 5.92 Å². The summed E-state index contributed by atoms with van der Waals surface area (Å²) in [6.45, 7) is 1.08. The molecular weight excluding hydrogens is 418 g/mol. The van der Waals surface area contributed by atoms with Gasteiger partial charge < -0.3 is 9.84 Å². The summed E-state index contributed by atoms with van der Waals surface area (Å²) in [7, 11) is 2.12. The van der Waals surface area contributed by atoms with Gasteiger partial charge in [-0.05, 0) is 29.3 Å². The number of hydrogen-bond acceptors (Lipinski definition) is 3. The molecule has 1 N–H and O–H groups in total. The van der Waals surface area contributed by atoms with E-state index >= 15 is 0 Å². The van der Waals surface area contributed by atoms with Crippen LogP contribution in [0, 0.1) is 5.92 Å². The molecule has 1 aliphatic rings.